The van der Waals surface area contributed by atoms with Crippen molar-refractivity contribution in [1.82, 2.24) is 4.90 Å². The molecule has 2 atom stereocenters. The summed E-state index contributed by atoms with van der Waals surface area (Å²) in [6.45, 7) is 2.35. The lowest BCUT2D eigenvalue weighted by molar-refractivity contribution is -0.148. The van der Waals surface area contributed by atoms with Crippen LogP contribution in [0.25, 0.3) is 0 Å². The number of rotatable bonds is 4. The molecule has 1 amide bonds. The highest BCUT2D eigenvalue weighted by molar-refractivity contribution is 9.09. The molecule has 2 unspecified atom stereocenters. The number of halogens is 1. The topological polar surface area (TPSA) is 57.6 Å². The zero-order valence-corrected chi connectivity index (χ0v) is 9.66. The van der Waals surface area contributed by atoms with Crippen molar-refractivity contribution in [3.8, 4) is 0 Å². The summed E-state index contributed by atoms with van der Waals surface area (Å²) in [4.78, 5) is 23.8. The number of carbonyl (C=O) groups is 2. The fraction of sp³-hybridized carbons (Fsp3) is 0.778. The Bertz CT molecular complexity index is 244. The maximum atomic E-state index is 11.5. The summed E-state index contributed by atoms with van der Waals surface area (Å²) in [6, 6.07) is -0.647. The molecule has 1 aliphatic heterocycles. The van der Waals surface area contributed by atoms with Gasteiger partial charge in [0.05, 0.1) is 0 Å². The van der Waals surface area contributed by atoms with Gasteiger partial charge in [0.2, 0.25) is 5.91 Å². The van der Waals surface area contributed by atoms with Crippen LogP contribution >= 0.6 is 15.9 Å². The first-order chi connectivity index (χ1) is 6.60. The van der Waals surface area contributed by atoms with Crippen LogP contribution in [-0.2, 0) is 9.59 Å². The van der Waals surface area contributed by atoms with Gasteiger partial charge in [0.15, 0.2) is 0 Å². The molecule has 1 heterocycles. The summed E-state index contributed by atoms with van der Waals surface area (Å²) in [5, 5.41) is 9.66. The smallest absolute Gasteiger partial charge is 0.326 e. The van der Waals surface area contributed by atoms with Gasteiger partial charge in [-0.05, 0) is 12.3 Å². The van der Waals surface area contributed by atoms with Crippen molar-refractivity contribution in [2.75, 3.05) is 11.9 Å². The number of aliphatic carboxylic acids is 1. The van der Waals surface area contributed by atoms with Gasteiger partial charge < -0.3 is 10.0 Å². The standard InChI is InChI=1S/C9H14BrNO3/c1-2-7(9(13)14)11-5-6(4-10)3-8(11)12/h6-7H,2-5H2,1H3,(H,13,14). The van der Waals surface area contributed by atoms with Gasteiger partial charge in [0.1, 0.15) is 6.04 Å². The summed E-state index contributed by atoms with van der Waals surface area (Å²) in [7, 11) is 0. The predicted molar refractivity (Wildman–Crippen MR) is 55.3 cm³/mol. The highest BCUT2D eigenvalue weighted by atomic mass is 79.9. The Morgan fingerprint density at radius 1 is 1.79 bits per heavy atom. The third-order valence-electron chi connectivity index (χ3n) is 2.50. The highest BCUT2D eigenvalue weighted by Gasteiger charge is 2.35. The van der Waals surface area contributed by atoms with Crippen LogP contribution in [0.5, 0.6) is 0 Å². The van der Waals surface area contributed by atoms with E-state index in [1.807, 2.05) is 0 Å². The van der Waals surface area contributed by atoms with Crippen molar-refractivity contribution >= 4 is 27.8 Å². The minimum atomic E-state index is -0.906. The Balaban J connectivity index is 2.68. The van der Waals surface area contributed by atoms with Gasteiger partial charge in [-0.2, -0.15) is 0 Å². The molecule has 1 aliphatic rings. The summed E-state index contributed by atoms with van der Waals surface area (Å²) < 4.78 is 0. The molecule has 5 heteroatoms. The van der Waals surface area contributed by atoms with Crippen LogP contribution in [0.1, 0.15) is 19.8 Å². The molecule has 0 radical (unpaired) electrons. The number of amides is 1. The zero-order chi connectivity index (χ0) is 10.7. The van der Waals surface area contributed by atoms with Crippen molar-refractivity contribution in [1.29, 1.82) is 0 Å². The van der Waals surface area contributed by atoms with Gasteiger partial charge in [0.25, 0.3) is 0 Å². The number of alkyl halides is 1. The third kappa shape index (κ3) is 2.26. The number of carboxylic acids is 1. The number of hydrogen-bond acceptors (Lipinski definition) is 2. The lowest BCUT2D eigenvalue weighted by Crippen LogP contribution is -2.41. The molecule has 0 aliphatic carbocycles. The molecule has 0 aromatic rings. The maximum Gasteiger partial charge on any atom is 0.326 e. The Labute approximate surface area is 91.4 Å². The Morgan fingerprint density at radius 3 is 2.79 bits per heavy atom. The van der Waals surface area contributed by atoms with E-state index in [0.717, 1.165) is 5.33 Å². The zero-order valence-electron chi connectivity index (χ0n) is 8.07. The molecule has 0 aromatic heterocycles. The minimum absolute atomic E-state index is 0.0382. The Kier molecular flexibility index (Phi) is 3.92. The average Bonchev–Trinajstić information content (AvgIpc) is 2.48. The monoisotopic (exact) mass is 263 g/mol. The van der Waals surface area contributed by atoms with Gasteiger partial charge in [-0.25, -0.2) is 4.79 Å². The van der Waals surface area contributed by atoms with Crippen molar-refractivity contribution in [3.63, 3.8) is 0 Å². The van der Waals surface area contributed by atoms with Gasteiger partial charge in [0, 0.05) is 18.3 Å². The highest BCUT2D eigenvalue weighted by Crippen LogP contribution is 2.22. The van der Waals surface area contributed by atoms with Gasteiger partial charge in [-0.1, -0.05) is 22.9 Å². The van der Waals surface area contributed by atoms with Crippen molar-refractivity contribution in [2.24, 2.45) is 5.92 Å². The largest absolute Gasteiger partial charge is 0.480 e. The molecule has 80 valence electrons. The van der Waals surface area contributed by atoms with E-state index in [1.165, 1.54) is 4.90 Å². The minimum Gasteiger partial charge on any atom is -0.480 e. The van der Waals surface area contributed by atoms with E-state index in [-0.39, 0.29) is 11.8 Å². The molecule has 4 nitrogen and oxygen atoms in total. The second-order valence-electron chi connectivity index (χ2n) is 3.53. The molecule has 0 saturated carbocycles. The van der Waals surface area contributed by atoms with E-state index in [0.29, 0.717) is 19.4 Å². The quantitative estimate of drug-likeness (QED) is 0.773. The molecule has 0 aromatic carbocycles. The van der Waals surface area contributed by atoms with Crippen LogP contribution in [0, 0.1) is 5.92 Å². The lowest BCUT2D eigenvalue weighted by Gasteiger charge is -2.23. The summed E-state index contributed by atoms with van der Waals surface area (Å²) in [5.74, 6) is -0.685. The van der Waals surface area contributed by atoms with Crippen LogP contribution in [0.4, 0.5) is 0 Å². The molecule has 1 saturated heterocycles. The SMILES string of the molecule is CCC(C(=O)O)N1CC(CBr)CC1=O. The van der Waals surface area contributed by atoms with Crippen molar-refractivity contribution < 1.29 is 14.7 Å². The fourth-order valence-corrected chi connectivity index (χ4v) is 2.18. The molecular weight excluding hydrogens is 250 g/mol. The molecular formula is C9H14BrNO3. The number of nitrogens with zero attached hydrogens (tertiary/aromatic N) is 1. The number of carbonyl (C=O) groups excluding carboxylic acids is 1. The van der Waals surface area contributed by atoms with E-state index >= 15 is 0 Å². The Morgan fingerprint density at radius 2 is 2.43 bits per heavy atom. The van der Waals surface area contributed by atoms with Crippen LogP contribution in [0.2, 0.25) is 0 Å². The molecule has 1 rings (SSSR count). The van der Waals surface area contributed by atoms with Gasteiger partial charge in [-0.3, -0.25) is 4.79 Å². The number of hydrogen-bond donors (Lipinski definition) is 1. The molecule has 0 spiro atoms. The first-order valence-corrected chi connectivity index (χ1v) is 5.80. The first kappa shape index (κ1) is 11.5. The summed E-state index contributed by atoms with van der Waals surface area (Å²) >= 11 is 3.31. The molecule has 1 N–H and O–H groups in total. The van der Waals surface area contributed by atoms with E-state index in [4.69, 9.17) is 5.11 Å². The van der Waals surface area contributed by atoms with Crippen LogP contribution in [-0.4, -0.2) is 39.8 Å². The summed E-state index contributed by atoms with van der Waals surface area (Å²) in [5.41, 5.74) is 0. The molecule has 0 bridgehead atoms. The molecule has 14 heavy (non-hydrogen) atoms. The van der Waals surface area contributed by atoms with Crippen LogP contribution in [0.3, 0.4) is 0 Å². The van der Waals surface area contributed by atoms with Crippen molar-refractivity contribution in [3.05, 3.63) is 0 Å². The second-order valence-corrected chi connectivity index (χ2v) is 4.18. The van der Waals surface area contributed by atoms with E-state index in [2.05, 4.69) is 15.9 Å². The fourth-order valence-electron chi connectivity index (χ4n) is 1.74. The lowest BCUT2D eigenvalue weighted by atomic mass is 10.1. The third-order valence-corrected chi connectivity index (χ3v) is 3.42. The average molecular weight is 264 g/mol. The first-order valence-electron chi connectivity index (χ1n) is 4.68. The van der Waals surface area contributed by atoms with Gasteiger partial charge >= 0.3 is 5.97 Å². The second kappa shape index (κ2) is 4.77. The Hall–Kier alpha value is -0.580. The molecule has 1 fully saturated rings. The normalized spacial score (nSPS) is 24.0. The van der Waals surface area contributed by atoms with E-state index in [1.54, 1.807) is 6.92 Å². The van der Waals surface area contributed by atoms with Crippen LogP contribution < -0.4 is 0 Å². The van der Waals surface area contributed by atoms with E-state index < -0.39 is 12.0 Å². The maximum absolute atomic E-state index is 11.5. The predicted octanol–water partition coefficient (Wildman–Crippen LogP) is 1.09. The van der Waals surface area contributed by atoms with Gasteiger partial charge in [-0.15, -0.1) is 0 Å². The van der Waals surface area contributed by atoms with E-state index in [9.17, 15) is 9.59 Å². The van der Waals surface area contributed by atoms with Crippen LogP contribution in [0.15, 0.2) is 0 Å². The number of likely N-dealkylation sites (tertiary alicyclic amines) is 1. The van der Waals surface area contributed by atoms with Crippen molar-refractivity contribution in [2.45, 2.75) is 25.8 Å². The summed E-state index contributed by atoms with van der Waals surface area (Å²) in [6.07, 6.45) is 0.936. The number of carboxylic acid groups (broad SMARTS) is 1.